The van der Waals surface area contributed by atoms with Gasteiger partial charge in [0, 0.05) is 48.6 Å². The number of carbonyl (C=O) groups is 7. The van der Waals surface area contributed by atoms with Gasteiger partial charge in [0.2, 0.25) is 29.5 Å². The number of ether oxygens (including phenoxy) is 1. The zero-order chi connectivity index (χ0) is 45.4. The molecule has 0 radical (unpaired) electrons. The Kier molecular flexibility index (Phi) is 14.4. The first-order chi connectivity index (χ1) is 30.2. The minimum atomic E-state index is -1.34. The molecular weight excluding hydrogens is 833 g/mol. The molecule has 2 bridgehead atoms. The predicted octanol–water partition coefficient (Wildman–Crippen LogP) is 0.824. The Bertz CT molecular complexity index is 2550. The van der Waals surface area contributed by atoms with Crippen molar-refractivity contribution < 1.29 is 43.4 Å². The third-order valence-electron chi connectivity index (χ3n) is 10.2. The van der Waals surface area contributed by atoms with Crippen LogP contribution >= 0.6 is 11.3 Å². The number of nitrogens with one attached hydrogen (secondary N) is 8. The number of amides is 7. The maximum Gasteiger partial charge on any atom is 0.271 e. The van der Waals surface area contributed by atoms with Gasteiger partial charge < -0.3 is 56.6 Å². The number of thiazole rings is 1. The van der Waals surface area contributed by atoms with E-state index in [2.05, 4.69) is 65.6 Å². The summed E-state index contributed by atoms with van der Waals surface area (Å²) in [5.41, 5.74) is 2.11. The quantitative estimate of drug-likeness (QED) is 0.0991. The second-order valence-electron chi connectivity index (χ2n) is 15.0. The third-order valence-corrected chi connectivity index (χ3v) is 11.1. The van der Waals surface area contributed by atoms with Gasteiger partial charge in [-0.15, -0.1) is 11.3 Å². The summed E-state index contributed by atoms with van der Waals surface area (Å²) in [7, 11) is 1.29. The highest BCUT2D eigenvalue weighted by Gasteiger charge is 2.32. The SMILES string of the molecule is C=C1NC(=O)C(C)NC(=O)C(C)NC(=O)C(Cc2c[nH]c3cccc(OCCC)c23)NC(=O)C(Cc2c[nH]c3ccc#cc23)NC(=O)c2csc(n2)C(CO)NC(=O)CN(C)C1=O. The van der Waals surface area contributed by atoms with Gasteiger partial charge in [-0.2, -0.15) is 0 Å². The van der Waals surface area contributed by atoms with E-state index in [0.717, 1.165) is 22.7 Å². The zero-order valence-corrected chi connectivity index (χ0v) is 35.8. The fraction of sp³-hybridized carbons (Fsp3) is 0.349. The Labute approximate surface area is 365 Å². The molecule has 9 N–H and O–H groups in total. The Morgan fingerprint density at radius 3 is 2.30 bits per heavy atom. The van der Waals surface area contributed by atoms with Gasteiger partial charge in [0.1, 0.15) is 46.7 Å². The summed E-state index contributed by atoms with van der Waals surface area (Å²) < 4.78 is 6.03. The second kappa shape index (κ2) is 20.1. The molecule has 19 nitrogen and oxygen atoms in total. The lowest BCUT2D eigenvalue weighted by Gasteiger charge is -2.25. The number of aromatic amines is 2. The van der Waals surface area contributed by atoms with E-state index < -0.39 is 84.7 Å². The second-order valence-corrected chi connectivity index (χ2v) is 15.9. The predicted molar refractivity (Wildman–Crippen MR) is 231 cm³/mol. The van der Waals surface area contributed by atoms with Gasteiger partial charge in [-0.05, 0) is 55.7 Å². The van der Waals surface area contributed by atoms with Crippen LogP contribution in [0.15, 0.2) is 60.4 Å². The highest BCUT2D eigenvalue weighted by molar-refractivity contribution is 7.10. The molecule has 4 heterocycles. The molecule has 0 spiro atoms. The average Bonchev–Trinajstić information content (AvgIpc) is 4.03. The van der Waals surface area contributed by atoms with Gasteiger partial charge >= 0.3 is 0 Å². The molecule has 330 valence electrons. The summed E-state index contributed by atoms with van der Waals surface area (Å²) in [6.07, 6.45) is 3.93. The maximum absolute atomic E-state index is 14.6. The first-order valence-electron chi connectivity index (χ1n) is 20.1. The van der Waals surface area contributed by atoms with Gasteiger partial charge in [0.05, 0.1) is 36.4 Å². The minimum Gasteiger partial charge on any atom is -0.493 e. The normalized spacial score (nSPS) is 21.4. The summed E-state index contributed by atoms with van der Waals surface area (Å²) in [5.74, 6) is -4.82. The minimum absolute atomic E-state index is 0.0773. The van der Waals surface area contributed by atoms with E-state index in [0.29, 0.717) is 45.3 Å². The lowest BCUT2D eigenvalue weighted by Crippen LogP contribution is -2.58. The van der Waals surface area contributed by atoms with Crippen molar-refractivity contribution in [3.8, 4) is 5.75 Å². The fourth-order valence-corrected chi connectivity index (χ4v) is 7.67. The van der Waals surface area contributed by atoms with Gasteiger partial charge in [-0.1, -0.05) is 31.7 Å². The van der Waals surface area contributed by atoms with E-state index in [9.17, 15) is 38.7 Å². The monoisotopic (exact) mass is 880 g/mol. The molecule has 0 aliphatic carbocycles. The summed E-state index contributed by atoms with van der Waals surface area (Å²) in [6.45, 7) is 7.61. The number of H-pyrrole nitrogens is 2. The number of rotatable bonds is 8. The molecule has 6 rings (SSSR count). The number of aromatic nitrogens is 3. The molecule has 63 heavy (non-hydrogen) atoms. The molecule has 7 amide bonds. The topological polar surface area (TPSA) is 269 Å². The standard InChI is InChI=1S/C43H48N10O9S/c1-6-14-62-34-13-9-12-29-36(34)26(18-45-29)16-31-39(58)47-23(3)37(56)46-22(2)38(57)48-24(4)43(61)53(5)19-35(55)49-32(20-54)42-52-33(21-63-42)41(60)51-30(40(59)50-31)15-25-17-44-28-11-8-7-10-27(25)28/h8-9,11-13,17-18,21-23,30-32,44-45,54H,4,6,14-16,19-20H2,1-3,5H3,(H,46,56)(H,47,58)(H,48,57)(H,49,55)(H,50,59)(H,51,60). The summed E-state index contributed by atoms with van der Waals surface area (Å²) >= 11 is 0.967. The number of carbonyl (C=O) groups excluding carboxylic acids is 7. The summed E-state index contributed by atoms with van der Waals surface area (Å²) in [4.78, 5) is 107. The molecule has 2 aromatic carbocycles. The molecule has 5 atom stereocenters. The van der Waals surface area contributed by atoms with Crippen LogP contribution in [0.3, 0.4) is 0 Å². The summed E-state index contributed by atoms with van der Waals surface area (Å²) in [6, 6.07) is 8.62. The molecule has 5 unspecified atom stereocenters. The highest BCUT2D eigenvalue weighted by Crippen LogP contribution is 2.30. The Balaban J connectivity index is 1.37. The van der Waals surface area contributed by atoms with E-state index in [-0.39, 0.29) is 29.2 Å². The van der Waals surface area contributed by atoms with Crippen LogP contribution in [0.1, 0.15) is 59.9 Å². The first-order valence-corrected chi connectivity index (χ1v) is 21.0. The van der Waals surface area contributed by atoms with Crippen LogP contribution in [-0.2, 0) is 41.6 Å². The van der Waals surface area contributed by atoms with Crippen molar-refractivity contribution in [2.75, 3.05) is 26.8 Å². The summed E-state index contributed by atoms with van der Waals surface area (Å²) in [5, 5.41) is 28.7. The number of hydrogen-bond acceptors (Lipinski definition) is 11. The van der Waals surface area contributed by atoms with Crippen LogP contribution in [0.4, 0.5) is 0 Å². The molecule has 3 aromatic heterocycles. The number of hydrogen-bond donors (Lipinski definition) is 9. The van der Waals surface area contributed by atoms with E-state index in [1.807, 2.05) is 19.1 Å². The van der Waals surface area contributed by atoms with Crippen molar-refractivity contribution in [2.45, 2.75) is 70.2 Å². The third kappa shape index (κ3) is 10.8. The number of aliphatic hydroxyl groups is 1. The van der Waals surface area contributed by atoms with Crippen molar-refractivity contribution in [3.63, 3.8) is 0 Å². The lowest BCUT2D eigenvalue weighted by molar-refractivity contribution is -0.134. The number of aliphatic hydroxyl groups excluding tert-OH is 1. The molecule has 0 saturated carbocycles. The molecule has 0 saturated heterocycles. The van der Waals surface area contributed by atoms with Crippen molar-refractivity contribution in [1.29, 1.82) is 0 Å². The average molecular weight is 881 g/mol. The van der Waals surface area contributed by atoms with Crippen molar-refractivity contribution in [1.82, 2.24) is 51.8 Å². The number of benzene rings is 1. The van der Waals surface area contributed by atoms with Crippen LogP contribution in [0.5, 0.6) is 5.75 Å². The van der Waals surface area contributed by atoms with E-state index in [1.165, 1.54) is 26.3 Å². The molecule has 1 aliphatic rings. The largest absolute Gasteiger partial charge is 0.493 e. The zero-order valence-electron chi connectivity index (χ0n) is 35.0. The van der Waals surface area contributed by atoms with E-state index in [4.69, 9.17) is 4.74 Å². The molecule has 1 aliphatic heterocycles. The molecule has 0 fully saturated rings. The van der Waals surface area contributed by atoms with Crippen LogP contribution in [-0.4, -0.2) is 117 Å². The Morgan fingerprint density at radius 1 is 0.857 bits per heavy atom. The van der Waals surface area contributed by atoms with Crippen LogP contribution in [0.2, 0.25) is 0 Å². The Morgan fingerprint density at radius 2 is 1.54 bits per heavy atom. The number of likely N-dealkylation sites (N-methyl/N-ethyl adjacent to an activating group) is 1. The van der Waals surface area contributed by atoms with Crippen LogP contribution in [0.25, 0.3) is 21.8 Å². The Hall–Kier alpha value is -7.24. The highest BCUT2D eigenvalue weighted by atomic mass is 32.1. The molecule has 20 heteroatoms. The van der Waals surface area contributed by atoms with Gasteiger partial charge in [0.15, 0.2) is 0 Å². The van der Waals surface area contributed by atoms with Crippen LogP contribution in [0, 0.1) is 12.1 Å². The van der Waals surface area contributed by atoms with Crippen molar-refractivity contribution in [3.05, 3.63) is 94.3 Å². The molecule has 5 aromatic rings. The molecular formula is C43H48N10O9S. The fourth-order valence-electron chi connectivity index (χ4n) is 6.83. The number of nitrogens with zero attached hydrogens (tertiary/aromatic N) is 2. The van der Waals surface area contributed by atoms with Crippen molar-refractivity contribution >= 4 is 74.5 Å². The van der Waals surface area contributed by atoms with Crippen molar-refractivity contribution in [2.24, 2.45) is 0 Å². The van der Waals surface area contributed by atoms with E-state index >= 15 is 0 Å². The first kappa shape index (κ1) is 45.3. The number of fused-ring (bicyclic) bond motifs is 4. The lowest BCUT2D eigenvalue weighted by atomic mass is 10.0. The van der Waals surface area contributed by atoms with E-state index in [1.54, 1.807) is 30.6 Å². The van der Waals surface area contributed by atoms with Gasteiger partial charge in [-0.3, -0.25) is 33.6 Å². The smallest absolute Gasteiger partial charge is 0.271 e. The maximum atomic E-state index is 14.6. The van der Waals surface area contributed by atoms with Gasteiger partial charge in [-0.25, -0.2) is 4.98 Å². The van der Waals surface area contributed by atoms with Gasteiger partial charge in [0.25, 0.3) is 11.8 Å². The van der Waals surface area contributed by atoms with Crippen LogP contribution < -0.4 is 36.6 Å².